The number of phosphoric acid groups is 1. The molecule has 0 rings (SSSR count). The van der Waals surface area contributed by atoms with Crippen LogP contribution in [0, 0.1) is 0 Å². The van der Waals surface area contributed by atoms with E-state index < -0.39 is 51.8 Å². The maximum atomic E-state index is 12.6. The molecule has 10 nitrogen and oxygen atoms in total. The minimum Gasteiger partial charge on any atom is -0.462 e. The Morgan fingerprint density at radius 1 is 0.462 bits per heavy atom. The number of ether oxygens (including phenoxy) is 2. The van der Waals surface area contributed by atoms with Gasteiger partial charge in [-0.1, -0.05) is 229 Å². The van der Waals surface area contributed by atoms with E-state index in [1.165, 1.54) is 148 Å². The van der Waals surface area contributed by atoms with Crippen LogP contribution in [0.25, 0.3) is 0 Å². The largest absolute Gasteiger partial charge is 0.472 e. The predicted molar refractivity (Wildman–Crippen MR) is 270 cm³/mol. The van der Waals surface area contributed by atoms with E-state index in [0.717, 1.165) is 44.9 Å². The molecule has 0 aromatic carbocycles. The fraction of sp³-hybridized carbons (Fsp3) is 0.778. The zero-order valence-electron chi connectivity index (χ0n) is 41.4. The zero-order chi connectivity index (χ0) is 47.6. The molecule has 0 aliphatic heterocycles. The monoisotopic (exact) mass is 937 g/mol. The molecule has 65 heavy (non-hydrogen) atoms. The van der Waals surface area contributed by atoms with Gasteiger partial charge in [-0.2, -0.15) is 0 Å². The number of carbonyl (C=O) groups is 2. The van der Waals surface area contributed by atoms with Crippen LogP contribution in [-0.4, -0.2) is 65.7 Å². The summed E-state index contributed by atoms with van der Waals surface area (Å²) in [4.78, 5) is 35.1. The van der Waals surface area contributed by atoms with Crippen LogP contribution < -0.4 is 0 Å². The van der Waals surface area contributed by atoms with Gasteiger partial charge in [-0.3, -0.25) is 18.6 Å². The highest BCUT2D eigenvalue weighted by molar-refractivity contribution is 7.47. The van der Waals surface area contributed by atoms with Crippen molar-refractivity contribution >= 4 is 19.8 Å². The summed E-state index contributed by atoms with van der Waals surface area (Å²) in [6.45, 7) is 2.30. The van der Waals surface area contributed by atoms with E-state index in [1.54, 1.807) is 0 Å². The molecule has 1 unspecified atom stereocenters. The summed E-state index contributed by atoms with van der Waals surface area (Å²) in [5.74, 6) is -1.01. The molecule has 3 atom stereocenters. The van der Waals surface area contributed by atoms with Gasteiger partial charge in [0, 0.05) is 12.8 Å². The molecule has 0 radical (unpaired) electrons. The number of carbonyl (C=O) groups excluding carboxylic acids is 2. The molecule has 0 saturated heterocycles. The lowest BCUT2D eigenvalue weighted by molar-refractivity contribution is -0.161. The molecular weight excluding hydrogens is 840 g/mol. The van der Waals surface area contributed by atoms with Crippen molar-refractivity contribution in [2.45, 2.75) is 244 Å². The summed E-state index contributed by atoms with van der Waals surface area (Å²) in [5.41, 5.74) is 0. The number of phosphoric ester groups is 1. The molecular formula is C54H97O10P. The van der Waals surface area contributed by atoms with Crippen molar-refractivity contribution in [3.05, 3.63) is 60.8 Å². The van der Waals surface area contributed by atoms with Crippen molar-refractivity contribution in [3.63, 3.8) is 0 Å². The van der Waals surface area contributed by atoms with Crippen molar-refractivity contribution in [3.8, 4) is 0 Å². The van der Waals surface area contributed by atoms with Gasteiger partial charge in [0.05, 0.1) is 19.8 Å². The highest BCUT2D eigenvalue weighted by Gasteiger charge is 2.27. The molecule has 0 aliphatic carbocycles. The van der Waals surface area contributed by atoms with Gasteiger partial charge in [0.1, 0.15) is 12.7 Å². The van der Waals surface area contributed by atoms with Crippen molar-refractivity contribution in [1.29, 1.82) is 0 Å². The lowest BCUT2D eigenvalue weighted by atomic mass is 10.0. The van der Waals surface area contributed by atoms with Crippen LogP contribution in [0.3, 0.4) is 0 Å². The van der Waals surface area contributed by atoms with Gasteiger partial charge >= 0.3 is 19.8 Å². The van der Waals surface area contributed by atoms with Gasteiger partial charge in [0.2, 0.25) is 0 Å². The summed E-state index contributed by atoms with van der Waals surface area (Å²) >= 11 is 0. The molecule has 0 bridgehead atoms. The van der Waals surface area contributed by atoms with Crippen LogP contribution in [0.4, 0.5) is 0 Å². The van der Waals surface area contributed by atoms with Crippen LogP contribution in [-0.2, 0) is 32.7 Å². The summed E-state index contributed by atoms with van der Waals surface area (Å²) in [6, 6.07) is 0. The van der Waals surface area contributed by atoms with Crippen molar-refractivity contribution < 1.29 is 47.8 Å². The maximum absolute atomic E-state index is 12.6. The number of aliphatic hydroxyl groups excluding tert-OH is 2. The average Bonchev–Trinajstić information content (AvgIpc) is 3.30. The van der Waals surface area contributed by atoms with E-state index >= 15 is 0 Å². The van der Waals surface area contributed by atoms with Crippen LogP contribution in [0.5, 0.6) is 0 Å². The standard InChI is InChI=1S/C54H97O10P/c1-3-5-7-9-11-13-15-17-19-21-23-24-25-26-28-29-31-33-35-37-39-41-43-45-53(57)61-49-52(50-63-65(59,60)62-48-51(56)47-55)64-54(58)46-44-42-40-38-36-34-32-30-27-22-20-18-16-14-12-10-8-6-4-2/h12,14,18,20,27,30,34,36,40,42,51-52,55-56H,3-11,13,15-17,19,21-26,28-29,31-33,35,37-39,41,43-50H2,1-2H3,(H,59,60)/b14-12+,20-18+,30-27+,36-34+,42-40+/t51-,52+/m0/s1. The van der Waals surface area contributed by atoms with E-state index in [-0.39, 0.29) is 19.4 Å². The van der Waals surface area contributed by atoms with Gasteiger partial charge in [0.15, 0.2) is 6.10 Å². The Hall–Kier alpha value is -2.33. The highest BCUT2D eigenvalue weighted by Crippen LogP contribution is 2.43. The van der Waals surface area contributed by atoms with Crippen molar-refractivity contribution in [2.75, 3.05) is 26.4 Å². The van der Waals surface area contributed by atoms with E-state index in [9.17, 15) is 24.2 Å². The van der Waals surface area contributed by atoms with Gasteiger partial charge in [-0.05, 0) is 51.4 Å². The van der Waals surface area contributed by atoms with E-state index in [4.69, 9.17) is 23.6 Å². The van der Waals surface area contributed by atoms with Crippen molar-refractivity contribution in [2.24, 2.45) is 0 Å². The summed E-state index contributed by atoms with van der Waals surface area (Å²) < 4.78 is 32.8. The van der Waals surface area contributed by atoms with E-state index in [2.05, 4.69) is 62.5 Å². The fourth-order valence-electron chi connectivity index (χ4n) is 7.15. The van der Waals surface area contributed by atoms with E-state index in [1.807, 2.05) is 12.2 Å². The molecule has 0 amide bonds. The summed E-state index contributed by atoms with van der Waals surface area (Å²) in [6.07, 6.45) is 57.8. The molecule has 0 spiro atoms. The Morgan fingerprint density at radius 2 is 0.831 bits per heavy atom. The second-order valence-corrected chi connectivity index (χ2v) is 19.0. The normalized spacial score (nSPS) is 14.1. The number of esters is 2. The average molecular weight is 937 g/mol. The number of allylic oxidation sites excluding steroid dienone is 10. The SMILES string of the molecule is CCCCC/C=C/C/C=C/C/C=C/C/C=C/C/C=C/CCC(=O)O[C@H](COC(=O)CCCCCCCCCCCCCCCCCCCCCCCCC)COP(=O)(O)OC[C@@H](O)CO. The van der Waals surface area contributed by atoms with Crippen LogP contribution in [0.1, 0.15) is 232 Å². The van der Waals surface area contributed by atoms with Gasteiger partial charge in [-0.25, -0.2) is 4.57 Å². The molecule has 0 heterocycles. The smallest absolute Gasteiger partial charge is 0.462 e. The molecule has 0 aromatic heterocycles. The molecule has 3 N–H and O–H groups in total. The second kappa shape index (κ2) is 49.6. The fourth-order valence-corrected chi connectivity index (χ4v) is 7.94. The van der Waals surface area contributed by atoms with Crippen LogP contribution in [0.15, 0.2) is 60.8 Å². The van der Waals surface area contributed by atoms with E-state index in [0.29, 0.717) is 12.8 Å². The first-order valence-corrected chi connectivity index (χ1v) is 27.7. The third kappa shape index (κ3) is 49.4. The molecule has 0 fully saturated rings. The first-order chi connectivity index (χ1) is 31.7. The number of hydrogen-bond acceptors (Lipinski definition) is 9. The minimum atomic E-state index is -4.64. The van der Waals surface area contributed by atoms with Gasteiger partial charge in [0.25, 0.3) is 0 Å². The molecule has 378 valence electrons. The third-order valence-electron chi connectivity index (χ3n) is 11.2. The lowest BCUT2D eigenvalue weighted by Crippen LogP contribution is -2.29. The maximum Gasteiger partial charge on any atom is 0.472 e. The van der Waals surface area contributed by atoms with Gasteiger partial charge in [-0.15, -0.1) is 0 Å². The number of unbranched alkanes of at least 4 members (excludes halogenated alkanes) is 25. The Bertz CT molecular complexity index is 1260. The Morgan fingerprint density at radius 3 is 1.26 bits per heavy atom. The molecule has 0 aliphatic rings. The first-order valence-electron chi connectivity index (χ1n) is 26.2. The lowest BCUT2D eigenvalue weighted by Gasteiger charge is -2.20. The van der Waals surface area contributed by atoms with Crippen LogP contribution >= 0.6 is 7.82 Å². The zero-order valence-corrected chi connectivity index (χ0v) is 42.3. The Kier molecular flexibility index (Phi) is 47.8. The van der Waals surface area contributed by atoms with Gasteiger partial charge < -0.3 is 24.6 Å². The molecule has 11 heteroatoms. The Labute approximate surface area is 397 Å². The molecule has 0 saturated carbocycles. The second-order valence-electron chi connectivity index (χ2n) is 17.6. The van der Waals surface area contributed by atoms with Crippen LogP contribution in [0.2, 0.25) is 0 Å². The number of rotatable bonds is 49. The first kappa shape index (κ1) is 62.7. The third-order valence-corrected chi connectivity index (χ3v) is 12.1. The Balaban J connectivity index is 4.23. The predicted octanol–water partition coefficient (Wildman–Crippen LogP) is 15.0. The molecule has 0 aromatic rings. The highest BCUT2D eigenvalue weighted by atomic mass is 31.2. The number of hydrogen-bond donors (Lipinski definition) is 3. The quantitative estimate of drug-likeness (QED) is 0.0233. The number of aliphatic hydroxyl groups is 2. The topological polar surface area (TPSA) is 149 Å². The van der Waals surface area contributed by atoms with Crippen molar-refractivity contribution in [1.82, 2.24) is 0 Å². The summed E-state index contributed by atoms with van der Waals surface area (Å²) in [7, 11) is -4.64. The minimum absolute atomic E-state index is 0.0606. The summed E-state index contributed by atoms with van der Waals surface area (Å²) in [5, 5.41) is 18.4.